The summed E-state index contributed by atoms with van der Waals surface area (Å²) in [5, 5.41) is 0. The van der Waals surface area contributed by atoms with Gasteiger partial charge in [-0.15, -0.1) is 6.82 Å². The second-order valence-corrected chi connectivity index (χ2v) is 4.69. The molecule has 2 unspecified atom stereocenters. The van der Waals surface area contributed by atoms with Gasteiger partial charge in [-0.25, -0.2) is 0 Å². The molecule has 0 radical (unpaired) electrons. The third kappa shape index (κ3) is 1.94. The molecular formula is C12H18BO2-. The van der Waals surface area contributed by atoms with Crippen LogP contribution < -0.4 is 5.46 Å². The summed E-state index contributed by atoms with van der Waals surface area (Å²) in [6, 6.07) is 8.37. The fraction of sp³-hybridized carbons (Fsp3) is 0.500. The van der Waals surface area contributed by atoms with Gasteiger partial charge < -0.3 is 9.31 Å². The average molecular weight is 205 g/mol. The molecule has 3 heteroatoms. The highest BCUT2D eigenvalue weighted by Crippen LogP contribution is 2.24. The van der Waals surface area contributed by atoms with Gasteiger partial charge in [-0.05, 0) is 20.8 Å². The maximum absolute atomic E-state index is 5.94. The first-order valence-corrected chi connectivity index (χ1v) is 5.62. The zero-order valence-electron chi connectivity index (χ0n) is 9.86. The largest absolute Gasteiger partial charge is 0.561 e. The molecule has 82 valence electrons. The summed E-state index contributed by atoms with van der Waals surface area (Å²) in [6.45, 7) is 6.99. The number of aryl methyl sites for hydroxylation is 1. The van der Waals surface area contributed by atoms with Crippen LogP contribution in [0.25, 0.3) is 0 Å². The van der Waals surface area contributed by atoms with Crippen molar-refractivity contribution >= 4 is 12.0 Å². The molecule has 0 saturated carbocycles. The van der Waals surface area contributed by atoms with Gasteiger partial charge in [0.15, 0.2) is 0 Å². The van der Waals surface area contributed by atoms with E-state index in [0.717, 1.165) is 5.46 Å². The van der Waals surface area contributed by atoms with Crippen molar-refractivity contribution in [1.82, 2.24) is 0 Å². The molecule has 0 spiro atoms. The van der Waals surface area contributed by atoms with Crippen LogP contribution in [0.15, 0.2) is 24.3 Å². The van der Waals surface area contributed by atoms with Crippen LogP contribution in [-0.4, -0.2) is 18.8 Å². The second-order valence-electron chi connectivity index (χ2n) is 4.69. The van der Waals surface area contributed by atoms with Gasteiger partial charge >= 0.3 is 0 Å². The van der Waals surface area contributed by atoms with E-state index < -0.39 is 6.55 Å². The molecule has 1 aliphatic heterocycles. The summed E-state index contributed by atoms with van der Waals surface area (Å²) >= 11 is 0. The highest BCUT2D eigenvalue weighted by atomic mass is 16.7. The standard InChI is InChI=1S/C12H18BO2/c1-9-6-5-7-12(8-9)13(4)14-10(2)11(3)15-13/h5-8,10-11H,1-4H3/q-1. The van der Waals surface area contributed by atoms with Crippen molar-refractivity contribution < 1.29 is 9.31 Å². The second kappa shape index (κ2) is 3.65. The molecular weight excluding hydrogens is 187 g/mol. The minimum Gasteiger partial charge on any atom is -0.561 e. The molecule has 15 heavy (non-hydrogen) atoms. The first-order chi connectivity index (χ1) is 7.01. The summed E-state index contributed by atoms with van der Waals surface area (Å²) < 4.78 is 11.9. The van der Waals surface area contributed by atoms with Gasteiger partial charge in [-0.1, -0.05) is 29.8 Å². The summed E-state index contributed by atoms with van der Waals surface area (Å²) in [6.07, 6.45) is 0.353. The molecule has 2 rings (SSSR count). The fourth-order valence-electron chi connectivity index (χ4n) is 2.23. The van der Waals surface area contributed by atoms with Crippen molar-refractivity contribution in [3.63, 3.8) is 0 Å². The molecule has 0 N–H and O–H groups in total. The van der Waals surface area contributed by atoms with E-state index in [1.54, 1.807) is 0 Å². The van der Waals surface area contributed by atoms with Gasteiger partial charge in [-0.3, -0.25) is 0 Å². The molecule has 0 amide bonds. The Kier molecular flexibility index (Phi) is 2.61. The Morgan fingerprint density at radius 3 is 2.27 bits per heavy atom. The van der Waals surface area contributed by atoms with E-state index in [4.69, 9.17) is 9.31 Å². The normalized spacial score (nSPS) is 35.7. The maximum atomic E-state index is 5.94. The van der Waals surface area contributed by atoms with Crippen LogP contribution in [0.1, 0.15) is 19.4 Å². The first-order valence-electron chi connectivity index (χ1n) is 5.62. The van der Waals surface area contributed by atoms with Crippen LogP contribution in [0.5, 0.6) is 0 Å². The smallest absolute Gasteiger partial charge is 0.267 e. The number of hydrogen-bond donors (Lipinski definition) is 0. The van der Waals surface area contributed by atoms with Crippen LogP contribution >= 0.6 is 0 Å². The molecule has 0 bridgehead atoms. The molecule has 1 fully saturated rings. The van der Waals surface area contributed by atoms with Crippen molar-refractivity contribution in [3.05, 3.63) is 29.8 Å². The van der Waals surface area contributed by atoms with Crippen molar-refractivity contribution in [2.75, 3.05) is 0 Å². The molecule has 1 aromatic carbocycles. The van der Waals surface area contributed by atoms with Gasteiger partial charge in [0.1, 0.15) is 0 Å². The van der Waals surface area contributed by atoms with Crippen LogP contribution in [-0.2, 0) is 9.31 Å². The summed E-state index contributed by atoms with van der Waals surface area (Å²) in [5.74, 6) is 0. The Morgan fingerprint density at radius 1 is 1.13 bits per heavy atom. The first kappa shape index (κ1) is 10.7. The molecule has 1 saturated heterocycles. The molecule has 0 aliphatic carbocycles. The lowest BCUT2D eigenvalue weighted by atomic mass is 9.54. The number of hydrogen-bond acceptors (Lipinski definition) is 2. The van der Waals surface area contributed by atoms with Crippen LogP contribution in [0.4, 0.5) is 0 Å². The Morgan fingerprint density at radius 2 is 1.73 bits per heavy atom. The van der Waals surface area contributed by atoms with E-state index in [1.807, 2.05) is 0 Å². The van der Waals surface area contributed by atoms with Crippen molar-refractivity contribution in [2.24, 2.45) is 0 Å². The van der Waals surface area contributed by atoms with Gasteiger partial charge in [-0.2, -0.15) is 5.46 Å². The zero-order chi connectivity index (χ0) is 11.1. The Bertz CT molecular complexity index is 354. The minimum atomic E-state index is -1.27. The maximum Gasteiger partial charge on any atom is 0.267 e. The van der Waals surface area contributed by atoms with E-state index in [2.05, 4.69) is 51.9 Å². The lowest BCUT2D eigenvalue weighted by molar-refractivity contribution is 0.187. The Hall–Kier alpha value is -0.795. The Labute approximate surface area is 91.6 Å². The minimum absolute atomic E-state index is 0.176. The molecule has 1 aromatic rings. The molecule has 1 heterocycles. The predicted octanol–water partition coefficient (Wildman–Crippen LogP) is 2.10. The van der Waals surface area contributed by atoms with E-state index in [9.17, 15) is 0 Å². The molecule has 2 nitrogen and oxygen atoms in total. The van der Waals surface area contributed by atoms with Gasteiger partial charge in [0.2, 0.25) is 0 Å². The number of rotatable bonds is 1. The zero-order valence-corrected chi connectivity index (χ0v) is 9.86. The van der Waals surface area contributed by atoms with Crippen molar-refractivity contribution in [2.45, 2.75) is 39.8 Å². The highest BCUT2D eigenvalue weighted by molar-refractivity contribution is 6.80. The van der Waals surface area contributed by atoms with E-state index in [0.29, 0.717) is 0 Å². The third-order valence-electron chi connectivity index (χ3n) is 3.26. The summed E-state index contributed by atoms with van der Waals surface area (Å²) in [5.41, 5.74) is 2.40. The summed E-state index contributed by atoms with van der Waals surface area (Å²) in [7, 11) is 0. The predicted molar refractivity (Wildman–Crippen MR) is 63.5 cm³/mol. The lowest BCUT2D eigenvalue weighted by Crippen LogP contribution is -2.47. The van der Waals surface area contributed by atoms with Gasteiger partial charge in [0, 0.05) is 12.2 Å². The van der Waals surface area contributed by atoms with Crippen molar-refractivity contribution in [1.29, 1.82) is 0 Å². The lowest BCUT2D eigenvalue weighted by Gasteiger charge is -2.32. The third-order valence-corrected chi connectivity index (χ3v) is 3.26. The highest BCUT2D eigenvalue weighted by Gasteiger charge is 2.35. The van der Waals surface area contributed by atoms with E-state index in [1.165, 1.54) is 5.56 Å². The van der Waals surface area contributed by atoms with Crippen molar-refractivity contribution in [3.8, 4) is 0 Å². The van der Waals surface area contributed by atoms with Crippen LogP contribution in [0.2, 0.25) is 6.82 Å². The van der Waals surface area contributed by atoms with E-state index >= 15 is 0 Å². The monoisotopic (exact) mass is 205 g/mol. The SMILES string of the molecule is Cc1cccc([B-]2(C)OC(C)C(C)O2)c1. The summed E-state index contributed by atoms with van der Waals surface area (Å²) in [4.78, 5) is 0. The topological polar surface area (TPSA) is 18.5 Å². The van der Waals surface area contributed by atoms with Crippen LogP contribution in [0, 0.1) is 6.92 Å². The Balaban J connectivity index is 2.31. The van der Waals surface area contributed by atoms with Gasteiger partial charge in [0.25, 0.3) is 6.55 Å². The quantitative estimate of drug-likeness (QED) is 0.653. The molecule has 2 atom stereocenters. The average Bonchev–Trinajstić information content (AvgIpc) is 2.42. The molecule has 0 aromatic heterocycles. The molecule has 1 aliphatic rings. The van der Waals surface area contributed by atoms with Crippen LogP contribution in [0.3, 0.4) is 0 Å². The number of benzene rings is 1. The van der Waals surface area contributed by atoms with E-state index in [-0.39, 0.29) is 12.2 Å². The fourth-order valence-corrected chi connectivity index (χ4v) is 2.23. The van der Waals surface area contributed by atoms with Gasteiger partial charge in [0.05, 0.1) is 0 Å².